The molecule has 0 unspecified atom stereocenters. The zero-order chi connectivity index (χ0) is 18.5. The van der Waals surface area contributed by atoms with Gasteiger partial charge in [0.05, 0.1) is 18.8 Å². The van der Waals surface area contributed by atoms with E-state index in [9.17, 15) is 4.79 Å². The number of furan rings is 1. The Hall–Kier alpha value is -3.16. The first-order valence-electron chi connectivity index (χ1n) is 9.21. The minimum absolute atomic E-state index is 0.0235. The second-order valence-electron chi connectivity index (χ2n) is 6.57. The van der Waals surface area contributed by atoms with Crippen molar-refractivity contribution in [3.63, 3.8) is 0 Å². The molecule has 0 aliphatic carbocycles. The lowest BCUT2D eigenvalue weighted by molar-refractivity contribution is 0.165. The molecule has 2 N–H and O–H groups in total. The number of likely N-dealkylation sites (tertiary alicyclic amines) is 1. The summed E-state index contributed by atoms with van der Waals surface area (Å²) in [6.07, 6.45) is 9.17. The number of aromatic amines is 1. The summed E-state index contributed by atoms with van der Waals surface area (Å²) in [7, 11) is 0. The lowest BCUT2D eigenvalue weighted by Crippen LogP contribution is -2.42. The van der Waals surface area contributed by atoms with E-state index in [1.54, 1.807) is 18.7 Å². The third kappa shape index (κ3) is 3.99. The Balaban J connectivity index is 1.41. The number of H-pyrrole nitrogens is 1. The molecule has 1 aliphatic heterocycles. The standard InChI is InChI=1S/C19H22N6O2/c26-19(25-11-3-1-2-5-15(25)16-6-4-12-27-16)21-13-17-22-18(24-23-17)14-7-9-20-10-8-14/h4,6-10,12,15H,1-3,5,11,13H2,(H,21,26)(H,22,23,24)/t15-/m1/s1. The molecule has 3 aromatic rings. The SMILES string of the molecule is O=C(NCc1nc(-c2ccncc2)n[nH]1)N1CCCCC[C@@H]1c1ccco1. The van der Waals surface area contributed by atoms with E-state index >= 15 is 0 Å². The van der Waals surface area contributed by atoms with Gasteiger partial charge in [-0.1, -0.05) is 12.8 Å². The summed E-state index contributed by atoms with van der Waals surface area (Å²) in [5.74, 6) is 2.04. The summed E-state index contributed by atoms with van der Waals surface area (Å²) in [6, 6.07) is 7.36. The largest absolute Gasteiger partial charge is 0.467 e. The first-order chi connectivity index (χ1) is 13.3. The number of hydrogen-bond acceptors (Lipinski definition) is 5. The third-order valence-corrected chi connectivity index (χ3v) is 4.76. The second-order valence-corrected chi connectivity index (χ2v) is 6.57. The Morgan fingerprint density at radius 1 is 1.26 bits per heavy atom. The molecule has 27 heavy (non-hydrogen) atoms. The summed E-state index contributed by atoms with van der Waals surface area (Å²) >= 11 is 0. The Morgan fingerprint density at radius 2 is 2.15 bits per heavy atom. The highest BCUT2D eigenvalue weighted by molar-refractivity contribution is 5.74. The van der Waals surface area contributed by atoms with Crippen LogP contribution >= 0.6 is 0 Å². The van der Waals surface area contributed by atoms with Gasteiger partial charge in [-0.3, -0.25) is 10.1 Å². The first kappa shape index (κ1) is 17.3. The normalized spacial score (nSPS) is 17.5. The summed E-state index contributed by atoms with van der Waals surface area (Å²) in [5.41, 5.74) is 0.879. The summed E-state index contributed by atoms with van der Waals surface area (Å²) in [6.45, 7) is 1.01. The molecule has 4 rings (SSSR count). The Bertz CT molecular complexity index is 861. The maximum Gasteiger partial charge on any atom is 0.318 e. The van der Waals surface area contributed by atoms with Crippen LogP contribution in [0.1, 0.15) is 43.3 Å². The fraction of sp³-hybridized carbons (Fsp3) is 0.368. The minimum atomic E-state index is -0.111. The van der Waals surface area contributed by atoms with E-state index in [0.717, 1.165) is 43.6 Å². The smallest absolute Gasteiger partial charge is 0.318 e. The highest BCUT2D eigenvalue weighted by atomic mass is 16.3. The van der Waals surface area contributed by atoms with Crippen LogP contribution in [0.15, 0.2) is 47.3 Å². The second kappa shape index (κ2) is 8.03. The van der Waals surface area contributed by atoms with Crippen molar-refractivity contribution in [2.45, 2.75) is 38.3 Å². The van der Waals surface area contributed by atoms with E-state index < -0.39 is 0 Å². The summed E-state index contributed by atoms with van der Waals surface area (Å²) in [5, 5.41) is 10.0. The van der Waals surface area contributed by atoms with Crippen molar-refractivity contribution >= 4 is 6.03 Å². The molecule has 1 aliphatic rings. The zero-order valence-corrected chi connectivity index (χ0v) is 15.0. The van der Waals surface area contributed by atoms with Gasteiger partial charge in [-0.05, 0) is 37.1 Å². The number of carbonyl (C=O) groups is 1. The van der Waals surface area contributed by atoms with E-state index in [1.807, 2.05) is 29.2 Å². The van der Waals surface area contributed by atoms with Gasteiger partial charge in [0.15, 0.2) is 5.82 Å². The summed E-state index contributed by atoms with van der Waals surface area (Å²) in [4.78, 5) is 23.1. The van der Waals surface area contributed by atoms with Gasteiger partial charge < -0.3 is 14.6 Å². The highest BCUT2D eigenvalue weighted by Gasteiger charge is 2.28. The predicted octanol–water partition coefficient (Wildman–Crippen LogP) is 3.29. The molecular formula is C19H22N6O2. The quantitative estimate of drug-likeness (QED) is 0.738. The van der Waals surface area contributed by atoms with Crippen LogP contribution in [-0.4, -0.2) is 37.6 Å². The average Bonchev–Trinajstić information content (AvgIpc) is 3.35. The minimum Gasteiger partial charge on any atom is -0.467 e. The maximum atomic E-state index is 12.8. The van der Waals surface area contributed by atoms with Gasteiger partial charge in [0.2, 0.25) is 0 Å². The van der Waals surface area contributed by atoms with Gasteiger partial charge in [0.25, 0.3) is 0 Å². The van der Waals surface area contributed by atoms with Crippen molar-refractivity contribution < 1.29 is 9.21 Å². The number of pyridine rings is 1. The van der Waals surface area contributed by atoms with Gasteiger partial charge in [0.1, 0.15) is 11.6 Å². The van der Waals surface area contributed by atoms with Crippen molar-refractivity contribution in [1.82, 2.24) is 30.4 Å². The molecule has 8 nitrogen and oxygen atoms in total. The molecule has 0 radical (unpaired) electrons. The Kier molecular flexibility index (Phi) is 5.13. The van der Waals surface area contributed by atoms with Crippen LogP contribution in [0.3, 0.4) is 0 Å². The fourth-order valence-corrected chi connectivity index (χ4v) is 3.39. The topological polar surface area (TPSA) is 99.9 Å². The number of urea groups is 1. The maximum absolute atomic E-state index is 12.8. The van der Waals surface area contributed by atoms with Crippen molar-refractivity contribution in [2.75, 3.05) is 6.54 Å². The van der Waals surface area contributed by atoms with Crippen LogP contribution < -0.4 is 5.32 Å². The van der Waals surface area contributed by atoms with E-state index in [2.05, 4.69) is 25.5 Å². The number of carbonyl (C=O) groups excluding carboxylic acids is 1. The zero-order valence-electron chi connectivity index (χ0n) is 15.0. The average molecular weight is 366 g/mol. The van der Waals surface area contributed by atoms with Gasteiger partial charge in [-0.15, -0.1) is 0 Å². The lowest BCUT2D eigenvalue weighted by Gasteiger charge is -2.28. The Labute approximate surface area is 157 Å². The number of nitrogens with one attached hydrogen (secondary N) is 2. The molecule has 0 aromatic carbocycles. The lowest BCUT2D eigenvalue weighted by atomic mass is 10.1. The van der Waals surface area contributed by atoms with Crippen LogP contribution in [0.4, 0.5) is 4.79 Å². The molecule has 3 aromatic heterocycles. The predicted molar refractivity (Wildman–Crippen MR) is 98.5 cm³/mol. The van der Waals surface area contributed by atoms with Gasteiger partial charge in [0, 0.05) is 24.5 Å². The van der Waals surface area contributed by atoms with E-state index in [4.69, 9.17) is 4.42 Å². The van der Waals surface area contributed by atoms with Crippen molar-refractivity contribution in [3.8, 4) is 11.4 Å². The molecule has 1 fully saturated rings. The number of rotatable bonds is 4. The van der Waals surface area contributed by atoms with Crippen LogP contribution in [0.25, 0.3) is 11.4 Å². The molecule has 1 saturated heterocycles. The fourth-order valence-electron chi connectivity index (χ4n) is 3.39. The Morgan fingerprint density at radius 3 is 2.96 bits per heavy atom. The van der Waals surface area contributed by atoms with Gasteiger partial charge in [-0.25, -0.2) is 9.78 Å². The molecule has 0 saturated carbocycles. The third-order valence-electron chi connectivity index (χ3n) is 4.76. The monoisotopic (exact) mass is 366 g/mol. The molecule has 4 heterocycles. The van der Waals surface area contributed by atoms with Crippen LogP contribution in [0.2, 0.25) is 0 Å². The van der Waals surface area contributed by atoms with E-state index in [-0.39, 0.29) is 18.6 Å². The van der Waals surface area contributed by atoms with Gasteiger partial charge in [-0.2, -0.15) is 5.10 Å². The molecule has 1 atom stereocenters. The first-order valence-corrected chi connectivity index (χ1v) is 9.21. The van der Waals surface area contributed by atoms with E-state index in [1.165, 1.54) is 0 Å². The molecular weight excluding hydrogens is 344 g/mol. The molecule has 2 amide bonds. The number of hydrogen-bond donors (Lipinski definition) is 2. The number of amides is 2. The van der Waals surface area contributed by atoms with Crippen LogP contribution in [-0.2, 0) is 6.54 Å². The van der Waals surface area contributed by atoms with Crippen molar-refractivity contribution in [1.29, 1.82) is 0 Å². The molecule has 0 bridgehead atoms. The van der Waals surface area contributed by atoms with Crippen LogP contribution in [0.5, 0.6) is 0 Å². The number of aromatic nitrogens is 4. The number of nitrogens with zero attached hydrogens (tertiary/aromatic N) is 4. The van der Waals surface area contributed by atoms with Crippen molar-refractivity contribution in [2.24, 2.45) is 0 Å². The summed E-state index contributed by atoms with van der Waals surface area (Å²) < 4.78 is 5.57. The molecule has 140 valence electrons. The van der Waals surface area contributed by atoms with Crippen LogP contribution in [0, 0.1) is 0 Å². The van der Waals surface area contributed by atoms with Gasteiger partial charge >= 0.3 is 6.03 Å². The highest BCUT2D eigenvalue weighted by Crippen LogP contribution is 2.30. The van der Waals surface area contributed by atoms with E-state index in [0.29, 0.717) is 11.6 Å². The van der Waals surface area contributed by atoms with Crippen molar-refractivity contribution in [3.05, 3.63) is 54.5 Å². The molecule has 8 heteroatoms. The molecule has 0 spiro atoms.